The van der Waals surface area contributed by atoms with Gasteiger partial charge in [-0.15, -0.1) is 11.6 Å². The minimum absolute atomic E-state index is 0.00850. The van der Waals surface area contributed by atoms with Gasteiger partial charge in [-0.05, 0) is 12.8 Å². The molecule has 1 aliphatic rings. The molecule has 1 aromatic heterocycles. The average molecular weight is 256 g/mol. The molecule has 6 heteroatoms. The van der Waals surface area contributed by atoms with E-state index in [4.69, 9.17) is 16.3 Å². The van der Waals surface area contributed by atoms with E-state index in [1.54, 1.807) is 17.2 Å². The molecule has 5 nitrogen and oxygen atoms in total. The molecule has 0 saturated carbocycles. The Balaban J connectivity index is 1.92. The minimum Gasteiger partial charge on any atom is -0.472 e. The normalized spacial score (nSPS) is 20.1. The third kappa shape index (κ3) is 3.30. The molecule has 1 aromatic rings. The Hall–Kier alpha value is -1.36. The molecular weight excluding hydrogens is 242 g/mol. The molecule has 0 radical (unpaired) electrons. The van der Waals surface area contributed by atoms with Crippen molar-refractivity contribution in [2.24, 2.45) is 0 Å². The summed E-state index contributed by atoms with van der Waals surface area (Å²) >= 11 is 5.54. The van der Waals surface area contributed by atoms with Gasteiger partial charge in [0.1, 0.15) is 18.3 Å². The van der Waals surface area contributed by atoms with E-state index in [9.17, 15) is 4.79 Å². The second-order valence-corrected chi connectivity index (χ2v) is 4.17. The van der Waals surface area contributed by atoms with Gasteiger partial charge in [0.15, 0.2) is 0 Å². The van der Waals surface area contributed by atoms with E-state index in [0.717, 1.165) is 19.4 Å². The predicted octanol–water partition coefficient (Wildman–Crippen LogP) is 1.09. The first-order chi connectivity index (χ1) is 8.29. The van der Waals surface area contributed by atoms with Crippen LogP contribution in [0.4, 0.5) is 0 Å². The average Bonchev–Trinajstić information content (AvgIpc) is 2.39. The molecule has 0 N–H and O–H groups in total. The summed E-state index contributed by atoms with van der Waals surface area (Å²) in [5, 5.41) is 0. The SMILES string of the molecule is O=C(CCl)N1CCCC(Oc2ccncn2)C1. The number of halogens is 1. The van der Waals surface area contributed by atoms with E-state index in [1.165, 1.54) is 6.33 Å². The second kappa shape index (κ2) is 5.82. The number of likely N-dealkylation sites (tertiary alicyclic amines) is 1. The van der Waals surface area contributed by atoms with Crippen molar-refractivity contribution in [3.05, 3.63) is 18.6 Å². The van der Waals surface area contributed by atoms with E-state index in [-0.39, 0.29) is 17.9 Å². The van der Waals surface area contributed by atoms with Crippen molar-refractivity contribution < 1.29 is 9.53 Å². The number of rotatable bonds is 3. The summed E-state index contributed by atoms with van der Waals surface area (Å²) in [5.74, 6) is 0.535. The number of carbonyl (C=O) groups is 1. The molecule has 2 heterocycles. The summed E-state index contributed by atoms with van der Waals surface area (Å²) in [4.78, 5) is 21.0. The number of hydrogen-bond donors (Lipinski definition) is 0. The molecule has 0 aromatic carbocycles. The van der Waals surface area contributed by atoms with Crippen LogP contribution in [-0.2, 0) is 4.79 Å². The summed E-state index contributed by atoms with van der Waals surface area (Å²) in [7, 11) is 0. The Morgan fingerprint density at radius 1 is 1.65 bits per heavy atom. The maximum atomic E-state index is 11.5. The van der Waals surface area contributed by atoms with Crippen LogP contribution in [0.2, 0.25) is 0 Å². The first-order valence-electron chi connectivity index (χ1n) is 5.56. The third-order valence-corrected chi connectivity index (χ3v) is 2.92. The van der Waals surface area contributed by atoms with Gasteiger partial charge in [0.25, 0.3) is 0 Å². The monoisotopic (exact) mass is 255 g/mol. The number of hydrogen-bond acceptors (Lipinski definition) is 4. The largest absolute Gasteiger partial charge is 0.472 e. The molecule has 17 heavy (non-hydrogen) atoms. The molecule has 0 aliphatic carbocycles. The smallest absolute Gasteiger partial charge is 0.237 e. The molecule has 1 atom stereocenters. The van der Waals surface area contributed by atoms with Crippen LogP contribution >= 0.6 is 11.6 Å². The van der Waals surface area contributed by atoms with E-state index in [1.807, 2.05) is 0 Å². The summed E-state index contributed by atoms with van der Waals surface area (Å²) < 4.78 is 5.69. The predicted molar refractivity (Wildman–Crippen MR) is 63.0 cm³/mol. The number of ether oxygens (including phenoxy) is 1. The highest BCUT2D eigenvalue weighted by Gasteiger charge is 2.24. The number of amides is 1. The maximum Gasteiger partial charge on any atom is 0.237 e. The van der Waals surface area contributed by atoms with Crippen molar-refractivity contribution in [2.45, 2.75) is 18.9 Å². The third-order valence-electron chi connectivity index (χ3n) is 2.69. The van der Waals surface area contributed by atoms with E-state index in [0.29, 0.717) is 12.4 Å². The van der Waals surface area contributed by atoms with Crippen LogP contribution in [0.15, 0.2) is 18.6 Å². The van der Waals surface area contributed by atoms with E-state index in [2.05, 4.69) is 9.97 Å². The van der Waals surface area contributed by atoms with E-state index >= 15 is 0 Å². The minimum atomic E-state index is -0.0392. The molecule has 92 valence electrons. The molecule has 1 fully saturated rings. The molecule has 1 unspecified atom stereocenters. The summed E-state index contributed by atoms with van der Waals surface area (Å²) in [5.41, 5.74) is 0. The standard InChI is InChI=1S/C11H14ClN3O2/c12-6-11(16)15-5-1-2-9(7-15)17-10-3-4-13-8-14-10/h3-4,8-9H,1-2,5-7H2. The number of alkyl halides is 1. The first kappa shape index (κ1) is 12.1. The molecule has 1 saturated heterocycles. The zero-order valence-electron chi connectivity index (χ0n) is 9.38. The highest BCUT2D eigenvalue weighted by atomic mass is 35.5. The van der Waals surface area contributed by atoms with Crippen LogP contribution in [0.5, 0.6) is 5.88 Å². The topological polar surface area (TPSA) is 55.3 Å². The maximum absolute atomic E-state index is 11.5. The highest BCUT2D eigenvalue weighted by molar-refractivity contribution is 6.27. The van der Waals surface area contributed by atoms with Crippen molar-refractivity contribution in [1.29, 1.82) is 0 Å². The quantitative estimate of drug-likeness (QED) is 0.759. The Morgan fingerprint density at radius 3 is 3.24 bits per heavy atom. The summed E-state index contributed by atoms with van der Waals surface area (Å²) in [6, 6.07) is 1.71. The van der Waals surface area contributed by atoms with Crippen LogP contribution in [0.25, 0.3) is 0 Å². The number of carbonyl (C=O) groups excluding carboxylic acids is 1. The molecule has 1 aliphatic heterocycles. The lowest BCUT2D eigenvalue weighted by Gasteiger charge is -2.32. The fraction of sp³-hybridized carbons (Fsp3) is 0.545. The lowest BCUT2D eigenvalue weighted by Crippen LogP contribution is -2.44. The van der Waals surface area contributed by atoms with Gasteiger partial charge in [0.2, 0.25) is 11.8 Å². The van der Waals surface area contributed by atoms with Crippen LogP contribution in [-0.4, -0.2) is 45.8 Å². The zero-order chi connectivity index (χ0) is 12.1. The molecule has 0 bridgehead atoms. The second-order valence-electron chi connectivity index (χ2n) is 3.90. The van der Waals surface area contributed by atoms with Crippen molar-refractivity contribution in [3.63, 3.8) is 0 Å². The van der Waals surface area contributed by atoms with E-state index < -0.39 is 0 Å². The van der Waals surface area contributed by atoms with Crippen molar-refractivity contribution >= 4 is 17.5 Å². The lowest BCUT2D eigenvalue weighted by atomic mass is 10.1. The van der Waals surface area contributed by atoms with Crippen LogP contribution < -0.4 is 4.74 Å². The van der Waals surface area contributed by atoms with Gasteiger partial charge in [-0.2, -0.15) is 0 Å². The van der Waals surface area contributed by atoms with Gasteiger partial charge in [0, 0.05) is 18.8 Å². The summed E-state index contributed by atoms with van der Waals surface area (Å²) in [6.07, 6.45) is 4.92. The van der Waals surface area contributed by atoms with Crippen molar-refractivity contribution in [1.82, 2.24) is 14.9 Å². The molecular formula is C11H14ClN3O2. The van der Waals surface area contributed by atoms with Gasteiger partial charge in [-0.3, -0.25) is 4.79 Å². The van der Waals surface area contributed by atoms with Gasteiger partial charge >= 0.3 is 0 Å². The fourth-order valence-corrected chi connectivity index (χ4v) is 2.03. The van der Waals surface area contributed by atoms with Gasteiger partial charge in [-0.1, -0.05) is 0 Å². The van der Waals surface area contributed by atoms with Crippen LogP contribution in [0, 0.1) is 0 Å². The van der Waals surface area contributed by atoms with Crippen molar-refractivity contribution in [2.75, 3.05) is 19.0 Å². The Labute approximate surface area is 105 Å². The molecule has 0 spiro atoms. The molecule has 2 rings (SSSR count). The number of aromatic nitrogens is 2. The highest BCUT2D eigenvalue weighted by Crippen LogP contribution is 2.16. The Bertz CT molecular complexity index is 374. The van der Waals surface area contributed by atoms with Crippen LogP contribution in [0.3, 0.4) is 0 Å². The van der Waals surface area contributed by atoms with Crippen molar-refractivity contribution in [3.8, 4) is 5.88 Å². The molecule has 1 amide bonds. The van der Waals surface area contributed by atoms with Gasteiger partial charge < -0.3 is 9.64 Å². The Morgan fingerprint density at radius 2 is 2.53 bits per heavy atom. The fourth-order valence-electron chi connectivity index (χ4n) is 1.86. The van der Waals surface area contributed by atoms with Gasteiger partial charge in [0.05, 0.1) is 6.54 Å². The number of piperidine rings is 1. The number of nitrogens with zero attached hydrogens (tertiary/aromatic N) is 3. The Kier molecular flexibility index (Phi) is 4.14. The van der Waals surface area contributed by atoms with Gasteiger partial charge in [-0.25, -0.2) is 9.97 Å². The summed E-state index contributed by atoms with van der Waals surface area (Å²) in [6.45, 7) is 1.34. The zero-order valence-corrected chi connectivity index (χ0v) is 10.1. The van der Waals surface area contributed by atoms with Crippen LogP contribution in [0.1, 0.15) is 12.8 Å². The lowest BCUT2D eigenvalue weighted by molar-refractivity contribution is -0.131. The first-order valence-corrected chi connectivity index (χ1v) is 6.09.